The topological polar surface area (TPSA) is 101 Å². The summed E-state index contributed by atoms with van der Waals surface area (Å²) in [7, 11) is 0. The summed E-state index contributed by atoms with van der Waals surface area (Å²) >= 11 is 1.27. The lowest BCUT2D eigenvalue weighted by Gasteiger charge is -2.34. The summed E-state index contributed by atoms with van der Waals surface area (Å²) in [6.45, 7) is 4.17. The molecule has 1 saturated heterocycles. The van der Waals surface area contributed by atoms with E-state index < -0.39 is 0 Å². The summed E-state index contributed by atoms with van der Waals surface area (Å²) in [5.41, 5.74) is 12.6. The fourth-order valence-electron chi connectivity index (χ4n) is 2.74. The summed E-state index contributed by atoms with van der Waals surface area (Å²) in [6.07, 6.45) is 0. The minimum atomic E-state index is 0.0916. The second-order valence-electron chi connectivity index (χ2n) is 5.93. The van der Waals surface area contributed by atoms with Crippen molar-refractivity contribution in [2.24, 2.45) is 0 Å². The molecule has 8 heteroatoms. The Kier molecular flexibility index (Phi) is 5.72. The van der Waals surface area contributed by atoms with Crippen molar-refractivity contribution in [2.45, 2.75) is 11.7 Å². The van der Waals surface area contributed by atoms with Gasteiger partial charge in [-0.25, -0.2) is 9.97 Å². The SMILES string of the molecule is Nc1cc(N)nc(SCC(=O)N2CCN(Cc3ccccc3)CC2)n1. The second kappa shape index (κ2) is 8.17. The molecule has 1 aromatic heterocycles. The van der Waals surface area contributed by atoms with Crippen LogP contribution in [0.25, 0.3) is 0 Å². The van der Waals surface area contributed by atoms with E-state index in [9.17, 15) is 4.79 Å². The molecular formula is C17H22N6OS. The molecule has 0 bridgehead atoms. The van der Waals surface area contributed by atoms with Crippen LogP contribution in [0.5, 0.6) is 0 Å². The minimum absolute atomic E-state index is 0.0916. The lowest BCUT2D eigenvalue weighted by Crippen LogP contribution is -2.48. The summed E-state index contributed by atoms with van der Waals surface area (Å²) in [5.74, 6) is 1.02. The van der Waals surface area contributed by atoms with Crippen LogP contribution >= 0.6 is 11.8 Å². The Labute approximate surface area is 151 Å². The number of hydrogen-bond donors (Lipinski definition) is 2. The molecule has 1 aliphatic heterocycles. The van der Waals surface area contributed by atoms with Gasteiger partial charge in [-0.15, -0.1) is 0 Å². The first-order valence-electron chi connectivity index (χ1n) is 8.17. The smallest absolute Gasteiger partial charge is 0.233 e. The molecule has 4 N–H and O–H groups in total. The van der Waals surface area contributed by atoms with Gasteiger partial charge in [0.25, 0.3) is 0 Å². The maximum absolute atomic E-state index is 12.4. The standard InChI is InChI=1S/C17H22N6OS/c18-14-10-15(19)21-17(20-14)25-12-16(24)23-8-6-22(7-9-23)11-13-4-2-1-3-5-13/h1-5,10H,6-9,11-12H2,(H4,18,19,20,21). The van der Waals surface area contributed by atoms with Crippen LogP contribution in [-0.2, 0) is 11.3 Å². The van der Waals surface area contributed by atoms with Gasteiger partial charge in [0.15, 0.2) is 5.16 Å². The molecule has 3 rings (SSSR count). The molecule has 0 radical (unpaired) electrons. The van der Waals surface area contributed by atoms with Gasteiger partial charge in [0.1, 0.15) is 11.6 Å². The maximum Gasteiger partial charge on any atom is 0.233 e. The van der Waals surface area contributed by atoms with Crippen LogP contribution in [0.15, 0.2) is 41.6 Å². The van der Waals surface area contributed by atoms with Crippen molar-refractivity contribution in [3.05, 3.63) is 42.0 Å². The number of thioether (sulfide) groups is 1. The molecule has 0 aliphatic carbocycles. The van der Waals surface area contributed by atoms with Gasteiger partial charge in [0.05, 0.1) is 5.75 Å². The van der Waals surface area contributed by atoms with Crippen LogP contribution in [0.4, 0.5) is 11.6 Å². The van der Waals surface area contributed by atoms with Crippen molar-refractivity contribution < 1.29 is 4.79 Å². The molecule has 132 valence electrons. The van der Waals surface area contributed by atoms with E-state index in [0.29, 0.717) is 22.5 Å². The molecule has 7 nitrogen and oxygen atoms in total. The van der Waals surface area contributed by atoms with Crippen LogP contribution in [-0.4, -0.2) is 57.6 Å². The summed E-state index contributed by atoms with van der Waals surface area (Å²) in [4.78, 5) is 24.8. The number of carbonyl (C=O) groups is 1. The highest BCUT2D eigenvalue weighted by molar-refractivity contribution is 7.99. The third kappa shape index (κ3) is 5.07. The third-order valence-corrected chi connectivity index (χ3v) is 4.88. The van der Waals surface area contributed by atoms with Gasteiger partial charge in [-0.1, -0.05) is 42.1 Å². The molecule has 2 heterocycles. The number of rotatable bonds is 5. The van der Waals surface area contributed by atoms with Gasteiger partial charge in [0, 0.05) is 38.8 Å². The van der Waals surface area contributed by atoms with Crippen molar-refractivity contribution in [3.63, 3.8) is 0 Å². The monoisotopic (exact) mass is 358 g/mol. The van der Waals surface area contributed by atoms with Crippen LogP contribution in [0.2, 0.25) is 0 Å². The highest BCUT2D eigenvalue weighted by Gasteiger charge is 2.21. The highest BCUT2D eigenvalue weighted by atomic mass is 32.2. The molecule has 1 amide bonds. The van der Waals surface area contributed by atoms with Crippen LogP contribution < -0.4 is 11.5 Å². The molecule has 2 aromatic rings. The molecule has 0 spiro atoms. The Morgan fingerprint density at radius 1 is 1.04 bits per heavy atom. The van der Waals surface area contributed by atoms with E-state index in [0.717, 1.165) is 32.7 Å². The van der Waals surface area contributed by atoms with Crippen LogP contribution in [0.1, 0.15) is 5.56 Å². The van der Waals surface area contributed by atoms with E-state index in [2.05, 4.69) is 39.1 Å². The number of carbonyl (C=O) groups excluding carboxylic acids is 1. The normalized spacial score (nSPS) is 15.3. The van der Waals surface area contributed by atoms with Gasteiger partial charge in [0.2, 0.25) is 5.91 Å². The van der Waals surface area contributed by atoms with Crippen molar-refractivity contribution in [1.82, 2.24) is 19.8 Å². The number of nitrogen functional groups attached to an aromatic ring is 2. The zero-order valence-corrected chi connectivity index (χ0v) is 14.8. The Bertz CT molecular complexity index is 698. The number of nitrogens with zero attached hydrogens (tertiary/aromatic N) is 4. The van der Waals surface area contributed by atoms with Gasteiger partial charge >= 0.3 is 0 Å². The van der Waals surface area contributed by atoms with E-state index in [1.54, 1.807) is 0 Å². The fourth-order valence-corrected chi connectivity index (χ4v) is 3.52. The lowest BCUT2D eigenvalue weighted by molar-refractivity contribution is -0.130. The van der Waals surface area contributed by atoms with Gasteiger partial charge in [-0.3, -0.25) is 9.69 Å². The average molecular weight is 358 g/mol. The average Bonchev–Trinajstić information content (AvgIpc) is 2.60. The van der Waals surface area contributed by atoms with Gasteiger partial charge < -0.3 is 16.4 Å². The van der Waals surface area contributed by atoms with Crippen molar-refractivity contribution in [2.75, 3.05) is 43.4 Å². The van der Waals surface area contributed by atoms with Crippen molar-refractivity contribution in [1.29, 1.82) is 0 Å². The summed E-state index contributed by atoms with van der Waals surface area (Å²) in [5, 5.41) is 0.438. The van der Waals surface area contributed by atoms with Crippen LogP contribution in [0, 0.1) is 0 Å². The van der Waals surface area contributed by atoms with Gasteiger partial charge in [-0.2, -0.15) is 0 Å². The van der Waals surface area contributed by atoms with Crippen molar-refractivity contribution in [3.8, 4) is 0 Å². The molecule has 1 aromatic carbocycles. The molecule has 25 heavy (non-hydrogen) atoms. The molecule has 0 atom stereocenters. The largest absolute Gasteiger partial charge is 0.383 e. The number of nitrogens with two attached hydrogens (primary N) is 2. The van der Waals surface area contributed by atoms with E-state index in [1.807, 2.05) is 11.0 Å². The molecular weight excluding hydrogens is 336 g/mol. The Balaban J connectivity index is 1.45. The van der Waals surface area contributed by atoms with E-state index in [4.69, 9.17) is 11.5 Å². The minimum Gasteiger partial charge on any atom is -0.383 e. The number of anilines is 2. The first-order chi connectivity index (χ1) is 12.1. The van der Waals surface area contributed by atoms with E-state index in [1.165, 1.54) is 23.4 Å². The zero-order valence-electron chi connectivity index (χ0n) is 14.0. The summed E-state index contributed by atoms with van der Waals surface area (Å²) < 4.78 is 0. The van der Waals surface area contributed by atoms with Crippen LogP contribution in [0.3, 0.4) is 0 Å². The van der Waals surface area contributed by atoms with Crippen molar-refractivity contribution >= 4 is 29.3 Å². The molecule has 1 fully saturated rings. The Morgan fingerprint density at radius 3 is 2.32 bits per heavy atom. The number of benzene rings is 1. The van der Waals surface area contributed by atoms with E-state index >= 15 is 0 Å². The molecule has 1 aliphatic rings. The zero-order chi connectivity index (χ0) is 17.6. The first kappa shape index (κ1) is 17.5. The number of amides is 1. The maximum atomic E-state index is 12.4. The lowest BCUT2D eigenvalue weighted by atomic mass is 10.2. The Morgan fingerprint density at radius 2 is 1.68 bits per heavy atom. The molecule has 0 saturated carbocycles. The fraction of sp³-hybridized carbons (Fsp3) is 0.353. The summed E-state index contributed by atoms with van der Waals surface area (Å²) in [6, 6.07) is 11.9. The van der Waals surface area contributed by atoms with Gasteiger partial charge in [-0.05, 0) is 5.56 Å². The number of hydrogen-bond acceptors (Lipinski definition) is 7. The highest BCUT2D eigenvalue weighted by Crippen LogP contribution is 2.17. The molecule has 0 unspecified atom stereocenters. The van der Waals surface area contributed by atoms with E-state index in [-0.39, 0.29) is 5.91 Å². The predicted molar refractivity (Wildman–Crippen MR) is 99.9 cm³/mol. The second-order valence-corrected chi connectivity index (χ2v) is 6.87. The quantitative estimate of drug-likeness (QED) is 0.609. The number of aromatic nitrogens is 2. The Hall–Kier alpha value is -2.32. The first-order valence-corrected chi connectivity index (χ1v) is 9.15. The number of piperazine rings is 1. The predicted octanol–water partition coefficient (Wildman–Crippen LogP) is 1.08. The third-order valence-electron chi connectivity index (χ3n) is 4.04.